The van der Waals surface area contributed by atoms with Gasteiger partial charge in [0.05, 0.1) is 22.4 Å². The van der Waals surface area contributed by atoms with Crippen molar-refractivity contribution in [1.82, 2.24) is 0 Å². The van der Waals surface area contributed by atoms with E-state index in [9.17, 15) is 4.79 Å². The normalized spacial score (nSPS) is 20.8. The first-order chi connectivity index (χ1) is 18.6. The van der Waals surface area contributed by atoms with E-state index in [4.69, 9.17) is 25.8 Å². The first-order valence-corrected chi connectivity index (χ1v) is 13.2. The number of rotatable bonds is 5. The van der Waals surface area contributed by atoms with E-state index in [0.29, 0.717) is 22.1 Å². The van der Waals surface area contributed by atoms with Crippen LogP contribution in [0.5, 0.6) is 11.5 Å². The number of hydrogen-bond donors (Lipinski definition) is 2. The molecule has 38 heavy (non-hydrogen) atoms. The van der Waals surface area contributed by atoms with Crippen LogP contribution < -0.4 is 15.4 Å². The molecule has 1 saturated heterocycles. The summed E-state index contributed by atoms with van der Waals surface area (Å²) in [5.74, 6) is 0.915. The van der Waals surface area contributed by atoms with Crippen molar-refractivity contribution in [2.75, 3.05) is 23.8 Å². The van der Waals surface area contributed by atoms with E-state index in [2.05, 4.69) is 10.6 Å². The van der Waals surface area contributed by atoms with Crippen LogP contribution in [0.3, 0.4) is 0 Å². The van der Waals surface area contributed by atoms with E-state index in [-0.39, 0.29) is 12.1 Å². The highest BCUT2D eigenvalue weighted by atomic mass is 35.5. The molecule has 0 amide bonds. The summed E-state index contributed by atoms with van der Waals surface area (Å²) in [7, 11) is 0. The third-order valence-corrected chi connectivity index (χ3v) is 7.75. The van der Waals surface area contributed by atoms with Crippen LogP contribution in [0.25, 0.3) is 0 Å². The molecule has 0 aliphatic carbocycles. The predicted molar refractivity (Wildman–Crippen MR) is 147 cm³/mol. The van der Waals surface area contributed by atoms with Crippen molar-refractivity contribution in [2.45, 2.75) is 24.5 Å². The Bertz CT molecular complexity index is 1570. The lowest BCUT2D eigenvalue weighted by Crippen LogP contribution is -2.33. The van der Waals surface area contributed by atoms with Gasteiger partial charge in [0.1, 0.15) is 11.5 Å². The molecule has 3 heterocycles. The minimum atomic E-state index is -1.14. The van der Waals surface area contributed by atoms with Crippen molar-refractivity contribution in [3.63, 3.8) is 0 Å². The molecule has 2 N–H and O–H groups in total. The molecule has 7 rings (SSSR count). The van der Waals surface area contributed by atoms with Gasteiger partial charge in [0, 0.05) is 47.3 Å². The zero-order chi connectivity index (χ0) is 25.7. The maximum absolute atomic E-state index is 13.2. The van der Waals surface area contributed by atoms with Crippen LogP contribution in [0.2, 0.25) is 5.02 Å². The zero-order valence-electron chi connectivity index (χ0n) is 20.5. The van der Waals surface area contributed by atoms with Crippen LogP contribution in [0.4, 0.5) is 17.1 Å². The number of esters is 1. The molecule has 3 aliphatic heterocycles. The summed E-state index contributed by atoms with van der Waals surface area (Å²) >= 11 is 6.40. The molecule has 0 radical (unpaired) electrons. The molecule has 4 aromatic rings. The van der Waals surface area contributed by atoms with Gasteiger partial charge in [-0.3, -0.25) is 0 Å². The van der Waals surface area contributed by atoms with Gasteiger partial charge in [-0.05, 0) is 61.4 Å². The summed E-state index contributed by atoms with van der Waals surface area (Å²) < 4.78 is 18.5. The Kier molecular flexibility index (Phi) is 5.53. The fourth-order valence-corrected chi connectivity index (χ4v) is 5.80. The second-order valence-electron chi connectivity index (χ2n) is 9.76. The lowest BCUT2D eigenvalue weighted by Gasteiger charge is -2.37. The number of hydrogen-bond acceptors (Lipinski definition) is 6. The van der Waals surface area contributed by atoms with E-state index in [0.717, 1.165) is 59.7 Å². The third kappa shape index (κ3) is 3.71. The number of nitrogens with one attached hydrogen (secondary N) is 2. The Labute approximate surface area is 225 Å². The predicted octanol–water partition coefficient (Wildman–Crippen LogP) is 7.24. The van der Waals surface area contributed by atoms with E-state index in [1.165, 1.54) is 0 Å². The number of halogens is 1. The summed E-state index contributed by atoms with van der Waals surface area (Å²) in [5.41, 5.74) is 4.25. The number of para-hydroxylation sites is 1. The third-order valence-electron chi connectivity index (χ3n) is 7.42. The Hall–Kier alpha value is -4.00. The molecular formula is C31H25ClN2O4. The van der Waals surface area contributed by atoms with Gasteiger partial charge in [-0.25, -0.2) is 4.79 Å². The first-order valence-electron chi connectivity index (χ1n) is 12.8. The fraction of sp³-hybridized carbons (Fsp3) is 0.194. The lowest BCUT2D eigenvalue weighted by molar-refractivity contribution is 0.0224. The summed E-state index contributed by atoms with van der Waals surface area (Å²) in [6.45, 7) is 1.55. The van der Waals surface area contributed by atoms with E-state index in [1.807, 2.05) is 84.9 Å². The van der Waals surface area contributed by atoms with Crippen molar-refractivity contribution in [3.8, 4) is 11.5 Å². The molecule has 6 nitrogen and oxygen atoms in total. The number of carbonyl (C=O) groups is 1. The highest BCUT2D eigenvalue weighted by molar-refractivity contribution is 6.33. The Morgan fingerprint density at radius 1 is 0.868 bits per heavy atom. The number of benzene rings is 4. The van der Waals surface area contributed by atoms with Crippen LogP contribution in [0.1, 0.15) is 39.9 Å². The zero-order valence-corrected chi connectivity index (χ0v) is 21.3. The number of anilines is 3. The molecule has 190 valence electrons. The monoisotopic (exact) mass is 524 g/mol. The van der Waals surface area contributed by atoms with E-state index in [1.54, 1.807) is 0 Å². The summed E-state index contributed by atoms with van der Waals surface area (Å²) in [5, 5.41) is 7.48. The first kappa shape index (κ1) is 23.1. The molecule has 0 aromatic heterocycles. The SMILES string of the molecule is O=C1OC2(c3ccc(NCC4CCCO4)cc3Oc3ccc(Nc4ccccc4Cl)cc32)c2ccccc21. The van der Waals surface area contributed by atoms with Crippen LogP contribution in [-0.4, -0.2) is 25.2 Å². The summed E-state index contributed by atoms with van der Waals surface area (Å²) in [6.07, 6.45) is 2.37. The van der Waals surface area contributed by atoms with Crippen LogP contribution in [0.15, 0.2) is 84.9 Å². The van der Waals surface area contributed by atoms with Gasteiger partial charge >= 0.3 is 5.97 Å². The molecule has 0 saturated carbocycles. The van der Waals surface area contributed by atoms with Gasteiger partial charge in [0.15, 0.2) is 5.60 Å². The largest absolute Gasteiger partial charge is 0.456 e. The highest BCUT2D eigenvalue weighted by Crippen LogP contribution is 2.57. The van der Waals surface area contributed by atoms with Gasteiger partial charge in [-0.2, -0.15) is 0 Å². The molecule has 3 aliphatic rings. The van der Waals surface area contributed by atoms with Gasteiger partial charge in [0.25, 0.3) is 0 Å². The second kappa shape index (κ2) is 9.08. The maximum atomic E-state index is 13.2. The van der Waals surface area contributed by atoms with Gasteiger partial charge in [0.2, 0.25) is 0 Å². The molecule has 7 heteroatoms. The highest BCUT2D eigenvalue weighted by Gasteiger charge is 2.53. The van der Waals surface area contributed by atoms with Crippen molar-refractivity contribution in [1.29, 1.82) is 0 Å². The maximum Gasteiger partial charge on any atom is 0.340 e. The lowest BCUT2D eigenvalue weighted by atomic mass is 9.77. The quantitative estimate of drug-likeness (QED) is 0.268. The smallest absolute Gasteiger partial charge is 0.340 e. The Balaban J connectivity index is 1.33. The average molecular weight is 525 g/mol. The molecule has 2 atom stereocenters. The molecule has 1 spiro atoms. The summed E-state index contributed by atoms with van der Waals surface area (Å²) in [6, 6.07) is 26.9. The molecule has 2 unspecified atom stereocenters. The molecule has 4 aromatic carbocycles. The van der Waals surface area contributed by atoms with Gasteiger partial charge in [-0.1, -0.05) is 41.9 Å². The van der Waals surface area contributed by atoms with Gasteiger partial charge < -0.3 is 24.8 Å². The van der Waals surface area contributed by atoms with Crippen LogP contribution in [0, 0.1) is 0 Å². The fourth-order valence-electron chi connectivity index (χ4n) is 5.62. The van der Waals surface area contributed by atoms with Crippen molar-refractivity contribution >= 4 is 34.6 Å². The van der Waals surface area contributed by atoms with Crippen molar-refractivity contribution < 1.29 is 19.0 Å². The molecule has 0 bridgehead atoms. The molecule has 1 fully saturated rings. The number of fused-ring (bicyclic) bond motifs is 6. The summed E-state index contributed by atoms with van der Waals surface area (Å²) in [4.78, 5) is 13.2. The topological polar surface area (TPSA) is 68.8 Å². The Morgan fingerprint density at radius 3 is 2.58 bits per heavy atom. The van der Waals surface area contributed by atoms with E-state index < -0.39 is 5.60 Å². The second-order valence-corrected chi connectivity index (χ2v) is 10.2. The van der Waals surface area contributed by atoms with Crippen molar-refractivity contribution in [3.05, 3.63) is 112 Å². The van der Waals surface area contributed by atoms with Crippen LogP contribution >= 0.6 is 11.6 Å². The van der Waals surface area contributed by atoms with Gasteiger partial charge in [-0.15, -0.1) is 0 Å². The standard InChI is InChI=1S/C31H25ClN2O4/c32-26-9-3-4-10-27(26)34-20-12-14-28-25(16-20)31(23-8-2-1-7-22(23)30(35)38-31)24-13-11-19(17-29(24)37-28)33-18-21-6-5-15-36-21/h1-4,7-14,16-17,21,33-34H,5-6,15,18H2. The Morgan fingerprint density at radius 2 is 1.71 bits per heavy atom. The molecular weight excluding hydrogens is 500 g/mol. The van der Waals surface area contributed by atoms with E-state index >= 15 is 0 Å². The van der Waals surface area contributed by atoms with Crippen LogP contribution in [-0.2, 0) is 15.1 Å². The average Bonchev–Trinajstić information content (AvgIpc) is 3.56. The minimum Gasteiger partial charge on any atom is -0.456 e. The number of ether oxygens (including phenoxy) is 3. The van der Waals surface area contributed by atoms with Crippen molar-refractivity contribution in [2.24, 2.45) is 0 Å². The number of carbonyl (C=O) groups excluding carboxylic acids is 1. The minimum absolute atomic E-state index is 0.214.